The van der Waals surface area contributed by atoms with Crippen LogP contribution in [0.5, 0.6) is 11.5 Å². The van der Waals surface area contributed by atoms with E-state index in [9.17, 15) is 9.90 Å². The van der Waals surface area contributed by atoms with Crippen molar-refractivity contribution in [2.45, 2.75) is 6.54 Å². The van der Waals surface area contributed by atoms with E-state index >= 15 is 0 Å². The van der Waals surface area contributed by atoms with Crippen LogP contribution in [0.15, 0.2) is 36.7 Å². The Bertz CT molecular complexity index is 590. The Kier molecular flexibility index (Phi) is 3.75. The minimum Gasteiger partial charge on any atom is -0.504 e. The average molecular weight is 260 g/mol. The van der Waals surface area contributed by atoms with Gasteiger partial charge in [0.25, 0.3) is 5.91 Å². The summed E-state index contributed by atoms with van der Waals surface area (Å²) in [7, 11) is 3.36. The molecule has 19 heavy (non-hydrogen) atoms. The monoisotopic (exact) mass is 260 g/mol. The molecule has 0 saturated heterocycles. The Labute approximate surface area is 111 Å². The Morgan fingerprint density at radius 2 is 2.21 bits per heavy atom. The van der Waals surface area contributed by atoms with Crippen LogP contribution in [0.4, 0.5) is 0 Å². The second-order valence-electron chi connectivity index (χ2n) is 4.22. The van der Waals surface area contributed by atoms with Crippen LogP contribution in [0.25, 0.3) is 0 Å². The van der Waals surface area contributed by atoms with Crippen molar-refractivity contribution in [3.8, 4) is 11.5 Å². The smallest absolute Gasteiger partial charge is 0.255 e. The maximum Gasteiger partial charge on any atom is 0.255 e. The van der Waals surface area contributed by atoms with Gasteiger partial charge < -0.3 is 19.7 Å². The van der Waals surface area contributed by atoms with Gasteiger partial charge in [0, 0.05) is 26.0 Å². The molecule has 0 fully saturated rings. The fourth-order valence-corrected chi connectivity index (χ4v) is 1.81. The standard InChI is InChI=1S/C14H16N2O3/c1-16-7-6-10(9-16)8-15-14(18)11-4-3-5-12(19-2)13(11)17/h3-7,9,17H,8H2,1-2H3,(H,15,18). The number of benzene rings is 1. The van der Waals surface area contributed by atoms with E-state index in [0.29, 0.717) is 6.54 Å². The fourth-order valence-electron chi connectivity index (χ4n) is 1.81. The molecule has 1 aromatic carbocycles. The summed E-state index contributed by atoms with van der Waals surface area (Å²) in [4.78, 5) is 12.0. The van der Waals surface area contributed by atoms with E-state index in [1.165, 1.54) is 7.11 Å². The van der Waals surface area contributed by atoms with Crippen molar-refractivity contribution >= 4 is 5.91 Å². The van der Waals surface area contributed by atoms with E-state index in [2.05, 4.69) is 5.32 Å². The molecule has 1 heterocycles. The van der Waals surface area contributed by atoms with Crippen LogP contribution in [0.3, 0.4) is 0 Å². The largest absolute Gasteiger partial charge is 0.504 e. The molecular weight excluding hydrogens is 244 g/mol. The topological polar surface area (TPSA) is 63.5 Å². The summed E-state index contributed by atoms with van der Waals surface area (Å²) in [6.07, 6.45) is 3.83. The summed E-state index contributed by atoms with van der Waals surface area (Å²) in [5.74, 6) is -0.192. The minimum absolute atomic E-state index is 0.143. The van der Waals surface area contributed by atoms with Gasteiger partial charge in [-0.15, -0.1) is 0 Å². The van der Waals surface area contributed by atoms with Gasteiger partial charge in [-0.1, -0.05) is 6.07 Å². The maximum atomic E-state index is 12.0. The second-order valence-corrected chi connectivity index (χ2v) is 4.22. The number of phenols is 1. The number of rotatable bonds is 4. The molecule has 2 N–H and O–H groups in total. The molecule has 1 aromatic heterocycles. The Hall–Kier alpha value is -2.43. The Morgan fingerprint density at radius 1 is 1.42 bits per heavy atom. The van der Waals surface area contributed by atoms with Gasteiger partial charge in [-0.3, -0.25) is 4.79 Å². The molecule has 0 aliphatic heterocycles. The number of aromatic nitrogens is 1. The van der Waals surface area contributed by atoms with Crippen LogP contribution in [0.2, 0.25) is 0 Å². The molecule has 1 amide bonds. The minimum atomic E-state index is -0.333. The van der Waals surface area contributed by atoms with Gasteiger partial charge in [-0.25, -0.2) is 0 Å². The molecule has 0 atom stereocenters. The summed E-state index contributed by atoms with van der Waals surface area (Å²) in [6, 6.07) is 6.74. The number of carbonyl (C=O) groups excluding carboxylic acids is 1. The quantitative estimate of drug-likeness (QED) is 0.879. The summed E-state index contributed by atoms with van der Waals surface area (Å²) in [6.45, 7) is 0.413. The molecule has 2 rings (SSSR count). The van der Waals surface area contributed by atoms with Crippen LogP contribution in [0.1, 0.15) is 15.9 Å². The van der Waals surface area contributed by atoms with Gasteiger partial charge in [0.1, 0.15) is 0 Å². The molecule has 0 bridgehead atoms. The van der Waals surface area contributed by atoms with Crippen LogP contribution >= 0.6 is 0 Å². The summed E-state index contributed by atoms with van der Waals surface area (Å²) >= 11 is 0. The normalized spacial score (nSPS) is 10.2. The van der Waals surface area contributed by atoms with Crippen molar-refractivity contribution in [3.05, 3.63) is 47.8 Å². The highest BCUT2D eigenvalue weighted by Crippen LogP contribution is 2.29. The maximum absolute atomic E-state index is 12.0. The van der Waals surface area contributed by atoms with Crippen molar-refractivity contribution in [2.24, 2.45) is 7.05 Å². The Morgan fingerprint density at radius 3 is 2.84 bits per heavy atom. The SMILES string of the molecule is COc1cccc(C(=O)NCc2ccn(C)c2)c1O. The zero-order valence-electron chi connectivity index (χ0n) is 10.9. The third kappa shape index (κ3) is 2.88. The number of ether oxygens (including phenoxy) is 1. The van der Waals surface area contributed by atoms with Gasteiger partial charge >= 0.3 is 0 Å². The lowest BCUT2D eigenvalue weighted by atomic mass is 10.1. The van der Waals surface area contributed by atoms with Crippen LogP contribution in [-0.2, 0) is 13.6 Å². The lowest BCUT2D eigenvalue weighted by Crippen LogP contribution is -2.22. The number of aryl methyl sites for hydroxylation is 1. The van der Waals surface area contributed by atoms with Crippen molar-refractivity contribution in [2.75, 3.05) is 7.11 Å². The molecular formula is C14H16N2O3. The molecule has 0 unspecified atom stereocenters. The van der Waals surface area contributed by atoms with E-state index in [0.717, 1.165) is 5.56 Å². The summed E-state index contributed by atoms with van der Waals surface area (Å²) < 4.78 is 6.88. The van der Waals surface area contributed by atoms with Crippen molar-refractivity contribution in [1.29, 1.82) is 0 Å². The van der Waals surface area contributed by atoms with E-state index in [-0.39, 0.29) is 23.0 Å². The zero-order valence-corrected chi connectivity index (χ0v) is 10.9. The van der Waals surface area contributed by atoms with E-state index < -0.39 is 0 Å². The Balaban J connectivity index is 2.08. The van der Waals surface area contributed by atoms with Gasteiger partial charge in [0.15, 0.2) is 11.5 Å². The molecule has 0 spiro atoms. The van der Waals surface area contributed by atoms with Crippen LogP contribution < -0.4 is 10.1 Å². The third-order valence-corrected chi connectivity index (χ3v) is 2.81. The molecule has 0 saturated carbocycles. The molecule has 0 aliphatic carbocycles. The molecule has 0 radical (unpaired) electrons. The number of para-hydroxylation sites is 1. The first-order chi connectivity index (χ1) is 9.11. The lowest BCUT2D eigenvalue weighted by molar-refractivity contribution is 0.0947. The van der Waals surface area contributed by atoms with Gasteiger partial charge in [0.2, 0.25) is 0 Å². The number of aromatic hydroxyl groups is 1. The third-order valence-electron chi connectivity index (χ3n) is 2.81. The van der Waals surface area contributed by atoms with Crippen molar-refractivity contribution in [3.63, 3.8) is 0 Å². The van der Waals surface area contributed by atoms with E-state index in [4.69, 9.17) is 4.74 Å². The fraction of sp³-hybridized carbons (Fsp3) is 0.214. The number of hydrogen-bond acceptors (Lipinski definition) is 3. The summed E-state index contributed by atoms with van der Waals surface area (Å²) in [5.41, 5.74) is 1.20. The van der Waals surface area contributed by atoms with E-state index in [1.54, 1.807) is 18.2 Å². The first kappa shape index (κ1) is 13.0. The number of amides is 1. The van der Waals surface area contributed by atoms with Crippen LogP contribution in [-0.4, -0.2) is 22.7 Å². The predicted molar refractivity (Wildman–Crippen MR) is 71.2 cm³/mol. The second kappa shape index (κ2) is 5.48. The van der Waals surface area contributed by atoms with Gasteiger partial charge in [0.05, 0.1) is 12.7 Å². The zero-order chi connectivity index (χ0) is 13.8. The number of nitrogens with one attached hydrogen (secondary N) is 1. The number of hydrogen-bond donors (Lipinski definition) is 2. The van der Waals surface area contributed by atoms with Crippen LogP contribution in [0, 0.1) is 0 Å². The average Bonchev–Trinajstić information content (AvgIpc) is 2.82. The highest BCUT2D eigenvalue weighted by molar-refractivity contribution is 5.97. The number of phenolic OH excluding ortho intramolecular Hbond substituents is 1. The molecule has 5 nitrogen and oxygen atoms in total. The number of nitrogens with zero attached hydrogens (tertiary/aromatic N) is 1. The molecule has 0 aliphatic rings. The number of carbonyl (C=O) groups is 1. The van der Waals surface area contributed by atoms with Crippen molar-refractivity contribution in [1.82, 2.24) is 9.88 Å². The number of methoxy groups -OCH3 is 1. The van der Waals surface area contributed by atoms with E-state index in [1.807, 2.05) is 30.1 Å². The summed E-state index contributed by atoms with van der Waals surface area (Å²) in [5, 5.41) is 12.6. The molecule has 5 heteroatoms. The highest BCUT2D eigenvalue weighted by Gasteiger charge is 2.14. The lowest BCUT2D eigenvalue weighted by Gasteiger charge is -2.08. The van der Waals surface area contributed by atoms with Gasteiger partial charge in [-0.2, -0.15) is 0 Å². The highest BCUT2D eigenvalue weighted by atomic mass is 16.5. The van der Waals surface area contributed by atoms with Gasteiger partial charge in [-0.05, 0) is 23.8 Å². The molecule has 2 aromatic rings. The first-order valence-corrected chi connectivity index (χ1v) is 5.87. The molecule has 100 valence electrons. The van der Waals surface area contributed by atoms with Crippen molar-refractivity contribution < 1.29 is 14.6 Å². The predicted octanol–water partition coefficient (Wildman–Crippen LogP) is 1.67. The first-order valence-electron chi connectivity index (χ1n) is 5.87.